The fraction of sp³-hybridized carbons (Fsp3) is 0.304. The third kappa shape index (κ3) is 3.74. The molecule has 1 saturated heterocycles. The fourth-order valence-electron chi connectivity index (χ4n) is 4.11. The summed E-state index contributed by atoms with van der Waals surface area (Å²) in [5.74, 6) is 0.746. The standard InChI is InChI=1S/C23H22FN3O4/c24-17-3-1-2-4-19(17)27-10-7-18(26-27)22(28)25-14-23(8-11-29-12-9-23)16-5-6-20-21(13-16)31-15-30-20/h1-7,10,13H,8-9,11-12,14-15H2,(H,25,28). The average Bonchev–Trinajstić information content (AvgIpc) is 3.48. The third-order valence-corrected chi connectivity index (χ3v) is 5.94. The second kappa shape index (κ2) is 8.03. The number of para-hydroxylation sites is 1. The SMILES string of the molecule is O=C(NCC1(c2ccc3c(c2)OCO3)CCOCC1)c1ccn(-c2ccccc2F)n1. The van der Waals surface area contributed by atoms with Crippen LogP contribution in [0, 0.1) is 5.82 Å². The fourth-order valence-corrected chi connectivity index (χ4v) is 4.11. The first-order chi connectivity index (χ1) is 15.1. The van der Waals surface area contributed by atoms with Crippen LogP contribution in [0.15, 0.2) is 54.7 Å². The molecular weight excluding hydrogens is 401 g/mol. The topological polar surface area (TPSA) is 74.6 Å². The highest BCUT2D eigenvalue weighted by Crippen LogP contribution is 2.40. The minimum Gasteiger partial charge on any atom is -0.454 e. The Labute approximate surface area is 178 Å². The number of halogens is 1. The zero-order valence-electron chi connectivity index (χ0n) is 16.8. The van der Waals surface area contributed by atoms with Gasteiger partial charge >= 0.3 is 0 Å². The molecule has 2 aliphatic rings. The van der Waals surface area contributed by atoms with Crippen LogP contribution in [0.3, 0.4) is 0 Å². The van der Waals surface area contributed by atoms with Gasteiger partial charge in [0.1, 0.15) is 11.5 Å². The van der Waals surface area contributed by atoms with Gasteiger partial charge in [0.05, 0.1) is 0 Å². The van der Waals surface area contributed by atoms with Gasteiger partial charge < -0.3 is 19.5 Å². The molecule has 0 atom stereocenters. The van der Waals surface area contributed by atoms with Crippen molar-refractivity contribution in [2.24, 2.45) is 0 Å². The smallest absolute Gasteiger partial charge is 0.271 e. The lowest BCUT2D eigenvalue weighted by molar-refractivity contribution is 0.0486. The number of carbonyl (C=O) groups excluding carboxylic acids is 1. The number of amides is 1. The number of nitrogens with zero attached hydrogens (tertiary/aromatic N) is 2. The second-order valence-corrected chi connectivity index (χ2v) is 7.74. The summed E-state index contributed by atoms with van der Waals surface area (Å²) >= 11 is 0. The van der Waals surface area contributed by atoms with E-state index >= 15 is 0 Å². The van der Waals surface area contributed by atoms with E-state index in [1.54, 1.807) is 30.5 Å². The largest absolute Gasteiger partial charge is 0.454 e. The van der Waals surface area contributed by atoms with Crippen molar-refractivity contribution in [3.05, 3.63) is 71.8 Å². The molecule has 2 aromatic carbocycles. The lowest BCUT2D eigenvalue weighted by Gasteiger charge is -2.38. The average molecular weight is 423 g/mol. The summed E-state index contributed by atoms with van der Waals surface area (Å²) in [7, 11) is 0. The van der Waals surface area contributed by atoms with Gasteiger partial charge in [-0.05, 0) is 48.7 Å². The van der Waals surface area contributed by atoms with E-state index in [0.29, 0.717) is 25.4 Å². The van der Waals surface area contributed by atoms with E-state index in [1.807, 2.05) is 18.2 Å². The van der Waals surface area contributed by atoms with Crippen LogP contribution in [0.4, 0.5) is 4.39 Å². The Morgan fingerprint density at radius 1 is 1.10 bits per heavy atom. The van der Waals surface area contributed by atoms with Gasteiger partial charge in [-0.15, -0.1) is 0 Å². The lowest BCUT2D eigenvalue weighted by Crippen LogP contribution is -2.44. The van der Waals surface area contributed by atoms with Gasteiger partial charge in [0.2, 0.25) is 6.79 Å². The van der Waals surface area contributed by atoms with Gasteiger partial charge in [-0.25, -0.2) is 9.07 Å². The molecule has 7 nitrogen and oxygen atoms in total. The van der Waals surface area contributed by atoms with E-state index in [4.69, 9.17) is 14.2 Å². The van der Waals surface area contributed by atoms with Gasteiger partial charge in [-0.2, -0.15) is 5.10 Å². The molecule has 31 heavy (non-hydrogen) atoms. The van der Waals surface area contributed by atoms with E-state index in [9.17, 15) is 9.18 Å². The van der Waals surface area contributed by atoms with Crippen LogP contribution in [-0.4, -0.2) is 42.2 Å². The van der Waals surface area contributed by atoms with E-state index < -0.39 is 5.82 Å². The van der Waals surface area contributed by atoms with Gasteiger partial charge in [0, 0.05) is 31.4 Å². The molecule has 0 unspecified atom stereocenters. The monoisotopic (exact) mass is 423 g/mol. The van der Waals surface area contributed by atoms with Crippen LogP contribution >= 0.6 is 0 Å². The molecule has 3 aromatic rings. The Morgan fingerprint density at radius 3 is 2.74 bits per heavy atom. The minimum atomic E-state index is -0.401. The number of benzene rings is 2. The molecule has 0 spiro atoms. The van der Waals surface area contributed by atoms with Crippen LogP contribution in [0.2, 0.25) is 0 Å². The van der Waals surface area contributed by atoms with Crippen molar-refractivity contribution >= 4 is 5.91 Å². The van der Waals surface area contributed by atoms with Crippen molar-refractivity contribution in [1.82, 2.24) is 15.1 Å². The maximum atomic E-state index is 14.0. The summed E-state index contributed by atoms with van der Waals surface area (Å²) in [5.41, 5.74) is 1.33. The first-order valence-electron chi connectivity index (χ1n) is 10.2. The molecule has 5 rings (SSSR count). The normalized spacial score (nSPS) is 16.8. The van der Waals surface area contributed by atoms with Crippen LogP contribution < -0.4 is 14.8 Å². The molecule has 160 valence electrons. The molecule has 1 amide bonds. The first-order valence-corrected chi connectivity index (χ1v) is 10.2. The Bertz CT molecular complexity index is 1110. The highest BCUT2D eigenvalue weighted by Gasteiger charge is 2.36. The molecule has 2 aliphatic heterocycles. The quantitative estimate of drug-likeness (QED) is 0.682. The van der Waals surface area contributed by atoms with Crippen LogP contribution in [0.5, 0.6) is 11.5 Å². The Kier molecular flexibility index (Phi) is 5.07. The number of hydrogen-bond acceptors (Lipinski definition) is 5. The number of aromatic nitrogens is 2. The molecule has 0 aliphatic carbocycles. The maximum absolute atomic E-state index is 14.0. The second-order valence-electron chi connectivity index (χ2n) is 7.74. The van der Waals surface area contributed by atoms with Crippen molar-refractivity contribution in [1.29, 1.82) is 0 Å². The summed E-state index contributed by atoms with van der Waals surface area (Å²) in [4.78, 5) is 12.8. The maximum Gasteiger partial charge on any atom is 0.271 e. The van der Waals surface area contributed by atoms with Crippen LogP contribution in [0.1, 0.15) is 28.9 Å². The first kappa shape index (κ1) is 19.6. The predicted octanol–water partition coefficient (Wildman–Crippen LogP) is 3.22. The zero-order valence-corrected chi connectivity index (χ0v) is 16.8. The molecule has 1 aromatic heterocycles. The highest BCUT2D eigenvalue weighted by atomic mass is 19.1. The molecule has 1 fully saturated rings. The van der Waals surface area contributed by atoms with Crippen molar-refractivity contribution in [2.75, 3.05) is 26.6 Å². The van der Waals surface area contributed by atoms with Crippen LogP contribution in [0.25, 0.3) is 5.69 Å². The number of ether oxygens (including phenoxy) is 3. The lowest BCUT2D eigenvalue weighted by atomic mass is 9.74. The van der Waals surface area contributed by atoms with E-state index in [0.717, 1.165) is 29.9 Å². The molecule has 0 radical (unpaired) electrons. The molecule has 8 heteroatoms. The molecule has 1 N–H and O–H groups in total. The Morgan fingerprint density at radius 2 is 1.90 bits per heavy atom. The minimum absolute atomic E-state index is 0.219. The molecule has 0 bridgehead atoms. The van der Waals surface area contributed by atoms with Gasteiger partial charge in [0.25, 0.3) is 5.91 Å². The zero-order chi connectivity index (χ0) is 21.3. The number of carbonyl (C=O) groups is 1. The predicted molar refractivity (Wildman–Crippen MR) is 110 cm³/mol. The van der Waals surface area contributed by atoms with Gasteiger partial charge in [0.15, 0.2) is 17.2 Å². The Hall–Kier alpha value is -3.39. The summed E-state index contributed by atoms with van der Waals surface area (Å²) in [6, 6.07) is 13.8. The van der Waals surface area contributed by atoms with Gasteiger partial charge in [-0.3, -0.25) is 4.79 Å². The van der Waals surface area contributed by atoms with Crippen molar-refractivity contribution in [2.45, 2.75) is 18.3 Å². The summed E-state index contributed by atoms with van der Waals surface area (Å²) in [5, 5.41) is 7.27. The molecular formula is C23H22FN3O4. The third-order valence-electron chi connectivity index (χ3n) is 5.94. The number of hydrogen-bond donors (Lipinski definition) is 1. The summed E-state index contributed by atoms with van der Waals surface area (Å²) in [6.07, 6.45) is 3.13. The Balaban J connectivity index is 1.34. The number of rotatable bonds is 5. The van der Waals surface area contributed by atoms with E-state index in [1.165, 1.54) is 10.7 Å². The summed E-state index contributed by atoms with van der Waals surface area (Å²) < 4.78 is 31.9. The van der Waals surface area contributed by atoms with Crippen molar-refractivity contribution in [3.8, 4) is 17.2 Å². The van der Waals surface area contributed by atoms with Crippen molar-refractivity contribution in [3.63, 3.8) is 0 Å². The van der Waals surface area contributed by atoms with E-state index in [2.05, 4.69) is 10.4 Å². The number of nitrogens with one attached hydrogen (secondary N) is 1. The highest BCUT2D eigenvalue weighted by molar-refractivity contribution is 5.92. The van der Waals surface area contributed by atoms with Crippen LogP contribution in [-0.2, 0) is 10.2 Å². The van der Waals surface area contributed by atoms with E-state index in [-0.39, 0.29) is 23.8 Å². The number of fused-ring (bicyclic) bond motifs is 1. The molecule has 0 saturated carbocycles. The van der Waals surface area contributed by atoms with Gasteiger partial charge in [-0.1, -0.05) is 18.2 Å². The van der Waals surface area contributed by atoms with Crippen molar-refractivity contribution < 1.29 is 23.4 Å². The summed E-state index contributed by atoms with van der Waals surface area (Å²) in [6.45, 7) is 1.89. The molecule has 3 heterocycles.